The highest BCUT2D eigenvalue weighted by molar-refractivity contribution is 9.10. The summed E-state index contributed by atoms with van der Waals surface area (Å²) in [6.45, 7) is 7.27. The molecule has 0 saturated carbocycles. The Bertz CT molecular complexity index is 587. The van der Waals surface area contributed by atoms with Crippen molar-refractivity contribution in [3.63, 3.8) is 0 Å². The average Bonchev–Trinajstić information content (AvgIpc) is 2.41. The lowest BCUT2D eigenvalue weighted by Crippen LogP contribution is -2.07. The Morgan fingerprint density at radius 3 is 2.65 bits per heavy atom. The van der Waals surface area contributed by atoms with E-state index >= 15 is 0 Å². The summed E-state index contributed by atoms with van der Waals surface area (Å²) < 4.78 is 1.09. The predicted molar refractivity (Wildman–Crippen MR) is 88.5 cm³/mol. The highest BCUT2D eigenvalue weighted by atomic mass is 79.9. The van der Waals surface area contributed by atoms with Crippen molar-refractivity contribution in [1.82, 2.24) is 9.97 Å². The van der Waals surface area contributed by atoms with Crippen LogP contribution in [-0.2, 0) is 0 Å². The van der Waals surface area contributed by atoms with Gasteiger partial charge in [-0.05, 0) is 40.9 Å². The summed E-state index contributed by atoms with van der Waals surface area (Å²) in [6.07, 6.45) is 1.63. The maximum Gasteiger partial charge on any atom is 0.133 e. The van der Waals surface area contributed by atoms with Gasteiger partial charge in [-0.2, -0.15) is 0 Å². The van der Waals surface area contributed by atoms with Crippen LogP contribution in [0.5, 0.6) is 0 Å². The summed E-state index contributed by atoms with van der Waals surface area (Å²) in [5, 5.41) is 4.33. The van der Waals surface area contributed by atoms with Gasteiger partial charge in [-0.3, -0.25) is 0 Å². The summed E-state index contributed by atoms with van der Waals surface area (Å²) in [6, 6.07) is 8.19. The van der Waals surface area contributed by atoms with Gasteiger partial charge in [0.15, 0.2) is 0 Å². The lowest BCUT2D eigenvalue weighted by atomic mass is 10.1. The molecule has 0 bridgehead atoms. The molecule has 0 amide bonds. The van der Waals surface area contributed by atoms with Gasteiger partial charge in [0.05, 0.1) is 0 Å². The SMILES string of the molecule is CCNc1ncnc(Sc2ccccc2Br)c1C(C)C. The van der Waals surface area contributed by atoms with Gasteiger partial charge in [0, 0.05) is 21.5 Å². The van der Waals surface area contributed by atoms with Crippen LogP contribution in [0.2, 0.25) is 0 Å². The van der Waals surface area contributed by atoms with E-state index in [1.165, 1.54) is 5.56 Å². The summed E-state index contributed by atoms with van der Waals surface area (Å²) in [5.41, 5.74) is 1.18. The molecule has 1 heterocycles. The van der Waals surface area contributed by atoms with Crippen LogP contribution in [-0.4, -0.2) is 16.5 Å². The van der Waals surface area contributed by atoms with Crippen molar-refractivity contribution in [1.29, 1.82) is 0 Å². The first-order valence-corrected chi connectivity index (χ1v) is 8.25. The number of nitrogens with zero attached hydrogens (tertiary/aromatic N) is 2. The fourth-order valence-corrected chi connectivity index (χ4v) is 3.51. The van der Waals surface area contributed by atoms with Crippen LogP contribution in [0.3, 0.4) is 0 Å². The molecule has 0 unspecified atom stereocenters. The molecular formula is C15H18BrN3S. The first-order chi connectivity index (χ1) is 9.63. The summed E-state index contributed by atoms with van der Waals surface area (Å²) in [7, 11) is 0. The Balaban J connectivity index is 2.41. The quantitative estimate of drug-likeness (QED) is 0.773. The molecule has 0 aliphatic carbocycles. The highest BCUT2D eigenvalue weighted by Crippen LogP contribution is 2.38. The molecule has 0 aliphatic heterocycles. The molecule has 0 aliphatic rings. The smallest absolute Gasteiger partial charge is 0.133 e. The number of anilines is 1. The fraction of sp³-hybridized carbons (Fsp3) is 0.333. The monoisotopic (exact) mass is 351 g/mol. The molecule has 2 aromatic rings. The van der Waals surface area contributed by atoms with Gasteiger partial charge < -0.3 is 5.32 Å². The van der Waals surface area contributed by atoms with E-state index in [-0.39, 0.29) is 0 Å². The average molecular weight is 352 g/mol. The van der Waals surface area contributed by atoms with Crippen molar-refractivity contribution in [2.75, 3.05) is 11.9 Å². The summed E-state index contributed by atoms with van der Waals surface area (Å²) in [4.78, 5) is 10.00. The minimum atomic E-state index is 0.371. The van der Waals surface area contributed by atoms with Gasteiger partial charge in [0.25, 0.3) is 0 Å². The van der Waals surface area contributed by atoms with E-state index < -0.39 is 0 Å². The molecule has 0 atom stereocenters. The predicted octanol–water partition coefficient (Wildman–Crippen LogP) is 4.95. The second-order valence-corrected chi connectivity index (χ2v) is 6.54. The molecule has 2 rings (SSSR count). The summed E-state index contributed by atoms with van der Waals surface area (Å²) in [5.74, 6) is 1.31. The lowest BCUT2D eigenvalue weighted by molar-refractivity contribution is 0.803. The van der Waals surface area contributed by atoms with Crippen LogP contribution in [0.1, 0.15) is 32.3 Å². The van der Waals surface area contributed by atoms with E-state index in [2.05, 4.69) is 58.1 Å². The van der Waals surface area contributed by atoms with Gasteiger partial charge >= 0.3 is 0 Å². The van der Waals surface area contributed by atoms with E-state index in [0.29, 0.717) is 5.92 Å². The molecule has 106 valence electrons. The maximum absolute atomic E-state index is 4.47. The van der Waals surface area contributed by atoms with Crippen molar-refractivity contribution in [3.05, 3.63) is 40.6 Å². The van der Waals surface area contributed by atoms with Crippen molar-refractivity contribution in [2.24, 2.45) is 0 Å². The van der Waals surface area contributed by atoms with E-state index in [1.54, 1.807) is 18.1 Å². The second kappa shape index (κ2) is 7.09. The zero-order chi connectivity index (χ0) is 14.5. The Morgan fingerprint density at radius 2 is 2.00 bits per heavy atom. The molecule has 0 saturated heterocycles. The Labute approximate surface area is 132 Å². The molecule has 3 nitrogen and oxygen atoms in total. The number of nitrogens with one attached hydrogen (secondary N) is 1. The molecule has 20 heavy (non-hydrogen) atoms. The first kappa shape index (κ1) is 15.3. The first-order valence-electron chi connectivity index (χ1n) is 6.64. The van der Waals surface area contributed by atoms with Crippen LogP contribution in [0.15, 0.2) is 45.0 Å². The zero-order valence-corrected chi connectivity index (χ0v) is 14.3. The Morgan fingerprint density at radius 1 is 1.25 bits per heavy atom. The van der Waals surface area contributed by atoms with E-state index in [0.717, 1.165) is 26.8 Å². The second-order valence-electron chi connectivity index (χ2n) is 4.66. The van der Waals surface area contributed by atoms with Crippen molar-refractivity contribution in [2.45, 2.75) is 36.6 Å². The van der Waals surface area contributed by atoms with Gasteiger partial charge in [0.2, 0.25) is 0 Å². The van der Waals surface area contributed by atoms with Crippen LogP contribution in [0.4, 0.5) is 5.82 Å². The Hall–Kier alpha value is -1.07. The topological polar surface area (TPSA) is 37.8 Å². The number of aromatic nitrogens is 2. The van der Waals surface area contributed by atoms with Crippen LogP contribution < -0.4 is 5.32 Å². The van der Waals surface area contributed by atoms with Crippen LogP contribution >= 0.6 is 27.7 Å². The number of hydrogen-bond donors (Lipinski definition) is 1. The van der Waals surface area contributed by atoms with Crippen LogP contribution in [0.25, 0.3) is 0 Å². The Kier molecular flexibility index (Phi) is 5.43. The van der Waals surface area contributed by atoms with Crippen molar-refractivity contribution in [3.8, 4) is 0 Å². The van der Waals surface area contributed by atoms with E-state index in [1.807, 2.05) is 18.2 Å². The molecule has 1 N–H and O–H groups in total. The largest absolute Gasteiger partial charge is 0.370 e. The summed E-state index contributed by atoms with van der Waals surface area (Å²) >= 11 is 5.26. The highest BCUT2D eigenvalue weighted by Gasteiger charge is 2.16. The third-order valence-corrected chi connectivity index (χ3v) is 4.86. The molecule has 0 fully saturated rings. The standard InChI is InChI=1S/C15H18BrN3S/c1-4-17-14-13(10(2)3)15(19-9-18-14)20-12-8-6-5-7-11(12)16/h5-10H,4H2,1-3H3,(H,17,18,19). The lowest BCUT2D eigenvalue weighted by Gasteiger charge is -2.16. The number of benzene rings is 1. The van der Waals surface area contributed by atoms with Crippen molar-refractivity contribution >= 4 is 33.5 Å². The zero-order valence-electron chi connectivity index (χ0n) is 11.9. The number of halogens is 1. The van der Waals surface area contributed by atoms with Gasteiger partial charge in [0.1, 0.15) is 17.2 Å². The number of rotatable bonds is 5. The molecule has 0 radical (unpaired) electrons. The van der Waals surface area contributed by atoms with E-state index in [9.17, 15) is 0 Å². The maximum atomic E-state index is 4.47. The minimum Gasteiger partial charge on any atom is -0.370 e. The molecule has 0 spiro atoms. The third kappa shape index (κ3) is 3.52. The minimum absolute atomic E-state index is 0.371. The fourth-order valence-electron chi connectivity index (χ4n) is 1.92. The van der Waals surface area contributed by atoms with Gasteiger partial charge in [-0.15, -0.1) is 0 Å². The third-order valence-electron chi connectivity index (χ3n) is 2.81. The van der Waals surface area contributed by atoms with Crippen molar-refractivity contribution < 1.29 is 0 Å². The number of hydrogen-bond acceptors (Lipinski definition) is 4. The van der Waals surface area contributed by atoms with E-state index in [4.69, 9.17) is 0 Å². The van der Waals surface area contributed by atoms with Crippen LogP contribution in [0, 0.1) is 0 Å². The molecular weight excluding hydrogens is 334 g/mol. The molecule has 5 heteroatoms. The van der Waals surface area contributed by atoms with Gasteiger partial charge in [-0.25, -0.2) is 9.97 Å². The molecule has 1 aromatic heterocycles. The van der Waals surface area contributed by atoms with Gasteiger partial charge in [-0.1, -0.05) is 37.7 Å². The normalized spacial score (nSPS) is 10.8. The molecule has 1 aromatic carbocycles.